The highest BCUT2D eigenvalue weighted by atomic mass is 35.5. The van der Waals surface area contributed by atoms with Crippen molar-refractivity contribution in [3.05, 3.63) is 69.5 Å². The molecule has 19 heavy (non-hydrogen) atoms. The summed E-state index contributed by atoms with van der Waals surface area (Å²) in [6.45, 7) is 0. The summed E-state index contributed by atoms with van der Waals surface area (Å²) in [5, 5.41) is 11.0. The molecule has 5 heteroatoms. The minimum Gasteiger partial charge on any atom is -0.386 e. The van der Waals surface area contributed by atoms with E-state index in [1.807, 2.05) is 0 Å². The smallest absolute Gasteiger partial charge is 0.125 e. The molecule has 0 fully saturated rings. The van der Waals surface area contributed by atoms with Crippen LogP contribution in [0.1, 0.15) is 23.3 Å². The molecule has 0 radical (unpaired) electrons. The lowest BCUT2D eigenvalue weighted by molar-refractivity contribution is 0.146. The highest BCUT2D eigenvalue weighted by Crippen LogP contribution is 2.29. The molecule has 0 unspecified atom stereocenters. The maximum absolute atomic E-state index is 13.3. The van der Waals surface area contributed by atoms with Gasteiger partial charge in [-0.2, -0.15) is 0 Å². The molecule has 2 rings (SSSR count). The molecule has 0 saturated heterocycles. The fourth-order valence-electron chi connectivity index (χ4n) is 1.82. The van der Waals surface area contributed by atoms with Crippen molar-refractivity contribution < 1.29 is 9.50 Å². The van der Waals surface area contributed by atoms with Gasteiger partial charge in [-0.15, -0.1) is 0 Å². The average molecular weight is 300 g/mol. The van der Waals surface area contributed by atoms with E-state index < -0.39 is 18.0 Å². The second-order valence-corrected chi connectivity index (χ2v) is 5.10. The first-order valence-electron chi connectivity index (χ1n) is 5.62. The van der Waals surface area contributed by atoms with Gasteiger partial charge < -0.3 is 10.8 Å². The predicted octanol–water partition coefficient (Wildman–Crippen LogP) is 3.87. The van der Waals surface area contributed by atoms with Crippen LogP contribution in [-0.4, -0.2) is 5.11 Å². The number of rotatable bonds is 3. The fourth-order valence-corrected chi connectivity index (χ4v) is 2.18. The van der Waals surface area contributed by atoms with Crippen LogP contribution >= 0.6 is 23.2 Å². The van der Waals surface area contributed by atoms with Crippen LogP contribution in [0.4, 0.5) is 4.39 Å². The fraction of sp³-hybridized carbons (Fsp3) is 0.143. The van der Waals surface area contributed by atoms with E-state index in [0.717, 1.165) is 0 Å². The number of aliphatic hydroxyl groups excluding tert-OH is 1. The summed E-state index contributed by atoms with van der Waals surface area (Å²) in [6, 6.07) is 10.00. The third-order valence-electron chi connectivity index (χ3n) is 2.82. The molecule has 2 aromatic carbocycles. The normalized spacial score (nSPS) is 14.2. The molecular weight excluding hydrogens is 288 g/mol. The van der Waals surface area contributed by atoms with E-state index in [2.05, 4.69) is 0 Å². The van der Waals surface area contributed by atoms with Gasteiger partial charge in [-0.1, -0.05) is 35.3 Å². The first-order valence-corrected chi connectivity index (χ1v) is 6.38. The molecule has 2 nitrogen and oxygen atoms in total. The summed E-state index contributed by atoms with van der Waals surface area (Å²) in [5.41, 5.74) is 7.01. The second-order valence-electron chi connectivity index (χ2n) is 4.22. The molecule has 0 aliphatic carbocycles. The van der Waals surface area contributed by atoms with Crippen molar-refractivity contribution in [1.82, 2.24) is 0 Å². The van der Waals surface area contributed by atoms with E-state index in [1.165, 1.54) is 18.2 Å². The maximum Gasteiger partial charge on any atom is 0.125 e. The molecule has 0 bridgehead atoms. The number of nitrogens with two attached hydrogens (primary N) is 1. The summed E-state index contributed by atoms with van der Waals surface area (Å²) >= 11 is 11.5. The van der Waals surface area contributed by atoms with Gasteiger partial charge in [-0.3, -0.25) is 0 Å². The van der Waals surface area contributed by atoms with Crippen LogP contribution in [0.15, 0.2) is 42.5 Å². The Bertz CT molecular complexity index is 554. The minimum absolute atomic E-state index is 0.220. The number of hydrogen-bond donors (Lipinski definition) is 2. The molecule has 0 aliphatic heterocycles. The summed E-state index contributed by atoms with van der Waals surface area (Å²) in [7, 11) is 0. The van der Waals surface area contributed by atoms with E-state index in [9.17, 15) is 9.50 Å². The van der Waals surface area contributed by atoms with Gasteiger partial charge in [0.15, 0.2) is 0 Å². The SMILES string of the molecule is N[C@H](c1ccc(Cl)cc1)[C@@H](O)c1cc(F)cc(Cl)c1. The molecule has 0 saturated carbocycles. The number of hydrogen-bond acceptors (Lipinski definition) is 2. The Balaban J connectivity index is 2.27. The molecule has 0 aromatic heterocycles. The zero-order valence-electron chi connectivity index (χ0n) is 9.85. The Labute approximate surface area is 120 Å². The Morgan fingerprint density at radius 2 is 1.58 bits per heavy atom. The third kappa shape index (κ3) is 3.45. The Morgan fingerprint density at radius 1 is 0.947 bits per heavy atom. The number of halogens is 3. The topological polar surface area (TPSA) is 46.2 Å². The van der Waals surface area contributed by atoms with Crippen molar-refractivity contribution in [2.75, 3.05) is 0 Å². The zero-order valence-corrected chi connectivity index (χ0v) is 11.4. The van der Waals surface area contributed by atoms with E-state index in [-0.39, 0.29) is 5.02 Å². The average Bonchev–Trinajstić information content (AvgIpc) is 2.37. The predicted molar refractivity (Wildman–Crippen MR) is 74.8 cm³/mol. The Kier molecular flexibility index (Phi) is 4.42. The van der Waals surface area contributed by atoms with Crippen LogP contribution < -0.4 is 5.73 Å². The van der Waals surface area contributed by atoms with Gasteiger partial charge >= 0.3 is 0 Å². The molecule has 2 atom stereocenters. The van der Waals surface area contributed by atoms with Gasteiger partial charge in [-0.25, -0.2) is 4.39 Å². The lowest BCUT2D eigenvalue weighted by atomic mass is 9.96. The molecular formula is C14H12Cl2FNO. The van der Waals surface area contributed by atoms with E-state index in [0.29, 0.717) is 16.1 Å². The van der Waals surface area contributed by atoms with Gasteiger partial charge in [0.2, 0.25) is 0 Å². The minimum atomic E-state index is -1.05. The van der Waals surface area contributed by atoms with Crippen molar-refractivity contribution >= 4 is 23.2 Å². The van der Waals surface area contributed by atoms with E-state index >= 15 is 0 Å². The second kappa shape index (κ2) is 5.88. The molecule has 0 spiro atoms. The molecule has 0 aliphatic rings. The van der Waals surface area contributed by atoms with Crippen molar-refractivity contribution in [1.29, 1.82) is 0 Å². The maximum atomic E-state index is 13.3. The molecule has 0 amide bonds. The van der Waals surface area contributed by atoms with Gasteiger partial charge in [0.05, 0.1) is 12.1 Å². The first-order chi connectivity index (χ1) is 8.97. The van der Waals surface area contributed by atoms with E-state index in [4.69, 9.17) is 28.9 Å². The third-order valence-corrected chi connectivity index (χ3v) is 3.29. The molecule has 2 aromatic rings. The van der Waals surface area contributed by atoms with Gasteiger partial charge in [-0.05, 0) is 41.5 Å². The standard InChI is InChI=1S/C14H12Cl2FNO/c15-10-3-1-8(2-4-10)13(18)14(19)9-5-11(16)7-12(17)6-9/h1-7,13-14,19H,18H2/t13-,14+/m1/s1. The molecule has 3 N–H and O–H groups in total. The van der Waals surface area contributed by atoms with Crippen LogP contribution in [0.5, 0.6) is 0 Å². The lowest BCUT2D eigenvalue weighted by Gasteiger charge is -2.20. The van der Waals surface area contributed by atoms with Crippen molar-refractivity contribution in [3.8, 4) is 0 Å². The van der Waals surface area contributed by atoms with Crippen LogP contribution in [-0.2, 0) is 0 Å². The van der Waals surface area contributed by atoms with Crippen LogP contribution in [0, 0.1) is 5.82 Å². The van der Waals surface area contributed by atoms with Crippen molar-refractivity contribution in [2.24, 2.45) is 5.73 Å². The summed E-state index contributed by atoms with van der Waals surface area (Å²) in [6.07, 6.45) is -1.05. The van der Waals surface area contributed by atoms with Crippen molar-refractivity contribution in [2.45, 2.75) is 12.1 Å². The lowest BCUT2D eigenvalue weighted by Crippen LogP contribution is -2.19. The van der Waals surface area contributed by atoms with Gasteiger partial charge in [0.1, 0.15) is 5.82 Å². The summed E-state index contributed by atoms with van der Waals surface area (Å²) < 4.78 is 13.3. The molecule has 100 valence electrons. The number of aliphatic hydroxyl groups is 1. The van der Waals surface area contributed by atoms with E-state index in [1.54, 1.807) is 24.3 Å². The van der Waals surface area contributed by atoms with Crippen molar-refractivity contribution in [3.63, 3.8) is 0 Å². The van der Waals surface area contributed by atoms with Crippen LogP contribution in [0.25, 0.3) is 0 Å². The summed E-state index contributed by atoms with van der Waals surface area (Å²) in [4.78, 5) is 0. The van der Waals surface area contributed by atoms with Crippen LogP contribution in [0.2, 0.25) is 10.0 Å². The number of benzene rings is 2. The first kappa shape index (κ1) is 14.3. The van der Waals surface area contributed by atoms with Crippen LogP contribution in [0.3, 0.4) is 0 Å². The Morgan fingerprint density at radius 3 is 2.16 bits per heavy atom. The molecule has 0 heterocycles. The highest BCUT2D eigenvalue weighted by molar-refractivity contribution is 6.30. The van der Waals surface area contributed by atoms with Gasteiger partial charge in [0.25, 0.3) is 0 Å². The monoisotopic (exact) mass is 299 g/mol. The largest absolute Gasteiger partial charge is 0.386 e. The highest BCUT2D eigenvalue weighted by Gasteiger charge is 2.19. The zero-order chi connectivity index (χ0) is 14.0. The Hall–Kier alpha value is -1.13. The quantitative estimate of drug-likeness (QED) is 0.904. The van der Waals surface area contributed by atoms with Gasteiger partial charge in [0, 0.05) is 10.0 Å². The summed E-state index contributed by atoms with van der Waals surface area (Å²) in [5.74, 6) is -0.509.